The Bertz CT molecular complexity index is 798. The summed E-state index contributed by atoms with van der Waals surface area (Å²) in [7, 11) is 0. The Balaban J connectivity index is 1.51. The van der Waals surface area contributed by atoms with Gasteiger partial charge in [-0.2, -0.15) is 4.98 Å². The molecule has 3 rings (SSSR count). The van der Waals surface area contributed by atoms with Crippen LogP contribution in [0.4, 0.5) is 5.69 Å². The van der Waals surface area contributed by atoms with E-state index in [0.717, 1.165) is 11.3 Å². The smallest absolute Gasteiger partial charge is 0.232 e. The first-order valence-electron chi connectivity index (χ1n) is 7.55. The summed E-state index contributed by atoms with van der Waals surface area (Å²) in [5, 5.41) is 6.48. The van der Waals surface area contributed by atoms with Crippen LogP contribution in [0.3, 0.4) is 0 Å². The molecule has 0 saturated carbocycles. The van der Waals surface area contributed by atoms with Crippen molar-refractivity contribution in [2.45, 2.75) is 20.0 Å². The monoisotopic (exact) mass is 323 g/mol. The van der Waals surface area contributed by atoms with Gasteiger partial charge in [-0.15, -0.1) is 0 Å². The minimum atomic E-state index is -0.200. The second kappa shape index (κ2) is 7.41. The van der Waals surface area contributed by atoms with E-state index in [1.165, 1.54) is 0 Å². The summed E-state index contributed by atoms with van der Waals surface area (Å²) < 4.78 is 10.5. The van der Waals surface area contributed by atoms with Gasteiger partial charge in [0.25, 0.3) is 0 Å². The first-order valence-corrected chi connectivity index (χ1v) is 7.55. The molecule has 122 valence electrons. The number of aryl methyl sites for hydroxylation is 1. The highest BCUT2D eigenvalue weighted by atomic mass is 16.5. The lowest BCUT2D eigenvalue weighted by molar-refractivity contribution is -0.115. The summed E-state index contributed by atoms with van der Waals surface area (Å²) in [5.74, 6) is 1.35. The van der Waals surface area contributed by atoms with Crippen LogP contribution < -0.4 is 10.1 Å². The van der Waals surface area contributed by atoms with E-state index < -0.39 is 0 Å². The molecular formula is C18H17N3O3. The Kier molecular flexibility index (Phi) is 4.86. The summed E-state index contributed by atoms with van der Waals surface area (Å²) in [6.45, 7) is 2.19. The van der Waals surface area contributed by atoms with Crippen LogP contribution in [0.15, 0.2) is 59.1 Å². The Hall–Kier alpha value is -3.15. The highest BCUT2D eigenvalue weighted by Crippen LogP contribution is 2.17. The zero-order valence-corrected chi connectivity index (χ0v) is 13.2. The van der Waals surface area contributed by atoms with Crippen LogP contribution in [0, 0.1) is 6.92 Å². The molecule has 1 aromatic heterocycles. The molecule has 3 aromatic rings. The second-order valence-corrected chi connectivity index (χ2v) is 5.25. The van der Waals surface area contributed by atoms with Gasteiger partial charge in [-0.25, -0.2) is 0 Å². The van der Waals surface area contributed by atoms with E-state index in [1.807, 2.05) is 42.5 Å². The molecular weight excluding hydrogens is 306 g/mol. The normalized spacial score (nSPS) is 10.4. The lowest BCUT2D eigenvalue weighted by Crippen LogP contribution is -2.15. The zero-order chi connectivity index (χ0) is 16.8. The maximum Gasteiger partial charge on any atom is 0.232 e. The van der Waals surface area contributed by atoms with Crippen molar-refractivity contribution in [1.29, 1.82) is 0 Å². The number of hydrogen-bond donors (Lipinski definition) is 1. The average Bonchev–Trinajstić information content (AvgIpc) is 3.00. The number of ether oxygens (including phenoxy) is 1. The van der Waals surface area contributed by atoms with Crippen molar-refractivity contribution in [2.75, 3.05) is 5.32 Å². The highest BCUT2D eigenvalue weighted by Gasteiger charge is 2.09. The van der Waals surface area contributed by atoms with E-state index in [2.05, 4.69) is 15.5 Å². The Morgan fingerprint density at radius 1 is 1.12 bits per heavy atom. The van der Waals surface area contributed by atoms with E-state index in [-0.39, 0.29) is 12.3 Å². The molecule has 6 heteroatoms. The number of anilines is 1. The Morgan fingerprint density at radius 3 is 2.54 bits per heavy atom. The summed E-state index contributed by atoms with van der Waals surface area (Å²) in [4.78, 5) is 15.9. The van der Waals surface area contributed by atoms with Crippen LogP contribution in [0.25, 0.3) is 0 Å². The van der Waals surface area contributed by atoms with Crippen LogP contribution in [-0.4, -0.2) is 16.0 Å². The zero-order valence-electron chi connectivity index (χ0n) is 13.2. The van der Waals surface area contributed by atoms with Gasteiger partial charge in [0.05, 0.1) is 6.42 Å². The largest absolute Gasteiger partial charge is 0.489 e. The maximum atomic E-state index is 11.9. The number of benzene rings is 2. The van der Waals surface area contributed by atoms with Gasteiger partial charge in [0.2, 0.25) is 11.8 Å². The third kappa shape index (κ3) is 4.42. The minimum absolute atomic E-state index is 0.0730. The summed E-state index contributed by atoms with van der Waals surface area (Å²) in [5.41, 5.74) is 1.79. The highest BCUT2D eigenvalue weighted by molar-refractivity contribution is 5.91. The molecule has 0 radical (unpaired) electrons. The van der Waals surface area contributed by atoms with Gasteiger partial charge in [-0.05, 0) is 29.8 Å². The Labute approximate surface area is 139 Å². The van der Waals surface area contributed by atoms with Crippen LogP contribution in [0.2, 0.25) is 0 Å². The molecule has 0 saturated heterocycles. The minimum Gasteiger partial charge on any atom is -0.489 e. The molecule has 0 spiro atoms. The number of rotatable bonds is 6. The van der Waals surface area contributed by atoms with Crippen LogP contribution >= 0.6 is 0 Å². The molecule has 6 nitrogen and oxygen atoms in total. The predicted octanol–water partition coefficient (Wildman–Crippen LogP) is 3.14. The van der Waals surface area contributed by atoms with Crippen molar-refractivity contribution in [3.8, 4) is 5.75 Å². The lowest BCUT2D eigenvalue weighted by Gasteiger charge is -2.08. The standard InChI is InChI=1S/C18H17N3O3/c1-13-19-17(21-24-13)11-18(22)20-15-7-9-16(10-8-15)23-12-14-5-3-2-4-6-14/h2-10H,11-12H2,1H3,(H,20,22). The molecule has 1 N–H and O–H groups in total. The third-order valence-electron chi connectivity index (χ3n) is 3.27. The molecule has 0 aliphatic rings. The van der Waals surface area contributed by atoms with Crippen molar-refractivity contribution >= 4 is 11.6 Å². The van der Waals surface area contributed by atoms with Gasteiger partial charge in [0.15, 0.2) is 5.82 Å². The fraction of sp³-hybridized carbons (Fsp3) is 0.167. The second-order valence-electron chi connectivity index (χ2n) is 5.25. The molecule has 0 aliphatic carbocycles. The van der Waals surface area contributed by atoms with Crippen molar-refractivity contribution in [2.24, 2.45) is 0 Å². The van der Waals surface area contributed by atoms with E-state index in [0.29, 0.717) is 24.0 Å². The number of nitrogens with one attached hydrogen (secondary N) is 1. The van der Waals surface area contributed by atoms with Gasteiger partial charge in [-0.3, -0.25) is 4.79 Å². The molecule has 0 fully saturated rings. The molecule has 1 amide bonds. The fourth-order valence-electron chi connectivity index (χ4n) is 2.14. The summed E-state index contributed by atoms with van der Waals surface area (Å²) in [6.07, 6.45) is 0.0730. The first-order chi connectivity index (χ1) is 11.7. The summed E-state index contributed by atoms with van der Waals surface area (Å²) in [6, 6.07) is 17.2. The molecule has 1 heterocycles. The molecule has 24 heavy (non-hydrogen) atoms. The van der Waals surface area contributed by atoms with Crippen molar-refractivity contribution < 1.29 is 14.1 Å². The maximum absolute atomic E-state index is 11.9. The van der Waals surface area contributed by atoms with Crippen LogP contribution in [0.1, 0.15) is 17.3 Å². The van der Waals surface area contributed by atoms with Gasteiger partial charge >= 0.3 is 0 Å². The van der Waals surface area contributed by atoms with E-state index in [4.69, 9.17) is 9.26 Å². The lowest BCUT2D eigenvalue weighted by atomic mass is 10.2. The number of amides is 1. The van der Waals surface area contributed by atoms with Crippen molar-refractivity contribution in [3.63, 3.8) is 0 Å². The van der Waals surface area contributed by atoms with E-state index in [1.54, 1.807) is 19.1 Å². The SMILES string of the molecule is Cc1nc(CC(=O)Nc2ccc(OCc3ccccc3)cc2)no1. The molecule has 0 bridgehead atoms. The predicted molar refractivity (Wildman–Crippen MR) is 88.6 cm³/mol. The number of carbonyl (C=O) groups excluding carboxylic acids is 1. The van der Waals surface area contributed by atoms with E-state index in [9.17, 15) is 4.79 Å². The van der Waals surface area contributed by atoms with Crippen LogP contribution in [0.5, 0.6) is 5.75 Å². The van der Waals surface area contributed by atoms with Gasteiger partial charge in [0.1, 0.15) is 12.4 Å². The molecule has 0 unspecified atom stereocenters. The molecule has 2 aromatic carbocycles. The van der Waals surface area contributed by atoms with Crippen molar-refractivity contribution in [1.82, 2.24) is 10.1 Å². The topological polar surface area (TPSA) is 77.2 Å². The van der Waals surface area contributed by atoms with Gasteiger partial charge in [-0.1, -0.05) is 35.5 Å². The summed E-state index contributed by atoms with van der Waals surface area (Å²) >= 11 is 0. The molecule has 0 aliphatic heterocycles. The van der Waals surface area contributed by atoms with Crippen LogP contribution in [-0.2, 0) is 17.8 Å². The number of carbonyl (C=O) groups is 1. The number of aromatic nitrogens is 2. The first kappa shape index (κ1) is 15.7. The average molecular weight is 323 g/mol. The van der Waals surface area contributed by atoms with Gasteiger partial charge < -0.3 is 14.6 Å². The third-order valence-corrected chi connectivity index (χ3v) is 3.27. The number of hydrogen-bond acceptors (Lipinski definition) is 5. The molecule has 0 atom stereocenters. The Morgan fingerprint density at radius 2 is 1.88 bits per heavy atom. The van der Waals surface area contributed by atoms with Crippen molar-refractivity contribution in [3.05, 3.63) is 71.9 Å². The number of nitrogens with zero attached hydrogens (tertiary/aromatic N) is 2. The van der Waals surface area contributed by atoms with Gasteiger partial charge in [0, 0.05) is 12.6 Å². The van der Waals surface area contributed by atoms with E-state index >= 15 is 0 Å². The fourth-order valence-corrected chi connectivity index (χ4v) is 2.14. The quantitative estimate of drug-likeness (QED) is 0.754.